The fourth-order valence-electron chi connectivity index (χ4n) is 3.04. The summed E-state index contributed by atoms with van der Waals surface area (Å²) < 4.78 is 20.7. The number of piperidine rings is 1. The fraction of sp³-hybridized carbons (Fsp3) is 0.529. The molecule has 0 saturated carbocycles. The zero-order chi connectivity index (χ0) is 17.5. The number of carbonyl (C=O) groups is 1. The number of likely N-dealkylation sites (tertiary alicyclic amines) is 1. The fourth-order valence-corrected chi connectivity index (χ4v) is 3.60. The van der Waals surface area contributed by atoms with Crippen LogP contribution in [0, 0.1) is 9.52 Å². The number of hydrogen-bond donors (Lipinski definition) is 1. The molecule has 1 aliphatic heterocycles. The van der Waals surface area contributed by atoms with E-state index in [4.69, 9.17) is 4.74 Å². The molecule has 1 N–H and O–H groups in total. The lowest BCUT2D eigenvalue weighted by Crippen LogP contribution is -2.41. The van der Waals surface area contributed by atoms with Crippen molar-refractivity contribution in [2.24, 2.45) is 0 Å². The van der Waals surface area contributed by atoms with Gasteiger partial charge in [-0.25, -0.2) is 9.18 Å². The molecule has 2 heterocycles. The summed E-state index contributed by atoms with van der Waals surface area (Å²) in [4.78, 5) is 13.8. The first-order valence-electron chi connectivity index (χ1n) is 8.05. The molecule has 1 aromatic heterocycles. The molecule has 0 spiro atoms. The monoisotopic (exact) mass is 445 g/mol. The highest BCUT2D eigenvalue weighted by molar-refractivity contribution is 14.1. The SMILES string of the molecule is CC(C)(C)OC(=O)N1CCC(c2cc3[nH]nc(I)c3cc2F)CC1. The second-order valence-electron chi connectivity index (χ2n) is 7.18. The summed E-state index contributed by atoms with van der Waals surface area (Å²) in [7, 11) is 0. The van der Waals surface area contributed by atoms with E-state index in [1.165, 1.54) is 0 Å². The Morgan fingerprint density at radius 1 is 1.38 bits per heavy atom. The van der Waals surface area contributed by atoms with Crippen molar-refractivity contribution in [2.45, 2.75) is 45.1 Å². The molecule has 5 nitrogen and oxygen atoms in total. The minimum absolute atomic E-state index is 0.106. The number of nitrogens with zero attached hydrogens (tertiary/aromatic N) is 2. The highest BCUT2D eigenvalue weighted by Gasteiger charge is 2.29. The Bertz CT molecular complexity index is 761. The Morgan fingerprint density at radius 3 is 2.67 bits per heavy atom. The molecular formula is C17H21FIN3O2. The summed E-state index contributed by atoms with van der Waals surface area (Å²) in [6, 6.07) is 3.41. The second-order valence-corrected chi connectivity index (χ2v) is 8.20. The van der Waals surface area contributed by atoms with E-state index < -0.39 is 5.60 Å². The van der Waals surface area contributed by atoms with Gasteiger partial charge in [-0.05, 0) is 79.8 Å². The molecular weight excluding hydrogens is 424 g/mol. The third kappa shape index (κ3) is 3.65. The van der Waals surface area contributed by atoms with E-state index in [9.17, 15) is 9.18 Å². The van der Waals surface area contributed by atoms with Crippen LogP contribution < -0.4 is 0 Å². The first-order chi connectivity index (χ1) is 11.2. The van der Waals surface area contributed by atoms with E-state index in [1.807, 2.05) is 26.8 Å². The highest BCUT2D eigenvalue weighted by Crippen LogP contribution is 2.33. The quantitative estimate of drug-likeness (QED) is 0.662. The number of carbonyl (C=O) groups excluding carboxylic acids is 1. The maximum Gasteiger partial charge on any atom is 0.410 e. The summed E-state index contributed by atoms with van der Waals surface area (Å²) >= 11 is 2.09. The number of aromatic amines is 1. The van der Waals surface area contributed by atoms with Crippen molar-refractivity contribution in [3.05, 3.63) is 27.2 Å². The van der Waals surface area contributed by atoms with Gasteiger partial charge in [-0.15, -0.1) is 0 Å². The standard InChI is InChI=1S/C17H21FIN3O2/c1-17(2,3)24-16(23)22-6-4-10(5-7-22)11-9-14-12(8-13(11)18)15(19)21-20-14/h8-10H,4-7H2,1-3H3,(H,20,21). The number of aromatic nitrogens is 2. The first kappa shape index (κ1) is 17.4. The van der Waals surface area contributed by atoms with Crippen molar-refractivity contribution in [1.29, 1.82) is 0 Å². The van der Waals surface area contributed by atoms with Crippen molar-refractivity contribution in [2.75, 3.05) is 13.1 Å². The summed E-state index contributed by atoms with van der Waals surface area (Å²) in [5.41, 5.74) is 1.06. The van der Waals surface area contributed by atoms with Crippen LogP contribution in [0.2, 0.25) is 0 Å². The van der Waals surface area contributed by atoms with Crippen molar-refractivity contribution in [3.8, 4) is 0 Å². The van der Waals surface area contributed by atoms with Gasteiger partial charge in [0.25, 0.3) is 0 Å². The van der Waals surface area contributed by atoms with Gasteiger partial charge in [0, 0.05) is 18.5 Å². The molecule has 3 rings (SSSR count). The summed E-state index contributed by atoms with van der Waals surface area (Å²) in [5, 5.41) is 7.86. The number of fused-ring (bicyclic) bond motifs is 1. The van der Waals surface area contributed by atoms with E-state index in [0.717, 1.165) is 27.4 Å². The molecule has 0 bridgehead atoms. The molecule has 1 amide bonds. The number of halogens is 2. The zero-order valence-electron chi connectivity index (χ0n) is 14.0. The average molecular weight is 445 g/mol. The Morgan fingerprint density at radius 2 is 2.04 bits per heavy atom. The molecule has 2 aromatic rings. The molecule has 1 fully saturated rings. The summed E-state index contributed by atoms with van der Waals surface area (Å²) in [6.07, 6.45) is 1.17. The van der Waals surface area contributed by atoms with Gasteiger partial charge >= 0.3 is 6.09 Å². The van der Waals surface area contributed by atoms with Crippen molar-refractivity contribution in [3.63, 3.8) is 0 Å². The normalized spacial score (nSPS) is 16.6. The van der Waals surface area contributed by atoms with Crippen LogP contribution >= 0.6 is 22.6 Å². The third-order valence-corrected chi connectivity index (χ3v) is 5.04. The Balaban J connectivity index is 1.71. The predicted molar refractivity (Wildman–Crippen MR) is 98.6 cm³/mol. The van der Waals surface area contributed by atoms with Gasteiger partial charge in [0.05, 0.1) is 5.52 Å². The number of ether oxygens (including phenoxy) is 1. The van der Waals surface area contributed by atoms with E-state index in [1.54, 1.807) is 11.0 Å². The summed E-state index contributed by atoms with van der Waals surface area (Å²) in [6.45, 7) is 6.73. The third-order valence-electron chi connectivity index (χ3n) is 4.22. The van der Waals surface area contributed by atoms with E-state index in [2.05, 4.69) is 32.8 Å². The van der Waals surface area contributed by atoms with Gasteiger partial charge in [-0.2, -0.15) is 5.10 Å². The average Bonchev–Trinajstić information content (AvgIpc) is 2.86. The van der Waals surface area contributed by atoms with Crippen LogP contribution in [0.5, 0.6) is 0 Å². The van der Waals surface area contributed by atoms with Crippen molar-refractivity contribution < 1.29 is 13.9 Å². The molecule has 1 aliphatic rings. The van der Waals surface area contributed by atoms with Crippen LogP contribution in [0.4, 0.5) is 9.18 Å². The zero-order valence-corrected chi connectivity index (χ0v) is 16.2. The van der Waals surface area contributed by atoms with Crippen LogP contribution in [0.25, 0.3) is 10.9 Å². The maximum absolute atomic E-state index is 14.5. The van der Waals surface area contributed by atoms with Gasteiger partial charge in [0.15, 0.2) is 0 Å². The first-order valence-corrected chi connectivity index (χ1v) is 9.13. The Labute approximate surface area is 154 Å². The molecule has 130 valence electrons. The number of amides is 1. The minimum atomic E-state index is -0.497. The molecule has 24 heavy (non-hydrogen) atoms. The largest absolute Gasteiger partial charge is 0.444 e. The predicted octanol–water partition coefficient (Wildman–Crippen LogP) is 4.42. The van der Waals surface area contributed by atoms with Crippen LogP contribution in [0.1, 0.15) is 45.1 Å². The summed E-state index contributed by atoms with van der Waals surface area (Å²) in [5.74, 6) is -0.0911. The van der Waals surface area contributed by atoms with Gasteiger partial charge < -0.3 is 9.64 Å². The molecule has 0 radical (unpaired) electrons. The number of rotatable bonds is 1. The van der Waals surface area contributed by atoms with Crippen molar-refractivity contribution in [1.82, 2.24) is 15.1 Å². The van der Waals surface area contributed by atoms with Gasteiger partial charge in [0.1, 0.15) is 15.1 Å². The molecule has 0 unspecified atom stereocenters. The van der Waals surface area contributed by atoms with E-state index in [-0.39, 0.29) is 17.8 Å². The smallest absolute Gasteiger partial charge is 0.410 e. The second kappa shape index (κ2) is 6.50. The molecule has 0 aliphatic carbocycles. The lowest BCUT2D eigenvalue weighted by molar-refractivity contribution is 0.0204. The van der Waals surface area contributed by atoms with E-state index >= 15 is 0 Å². The maximum atomic E-state index is 14.5. The number of hydrogen-bond acceptors (Lipinski definition) is 3. The van der Waals surface area contributed by atoms with E-state index in [0.29, 0.717) is 18.7 Å². The van der Waals surface area contributed by atoms with Crippen molar-refractivity contribution >= 4 is 39.6 Å². The Hall–Kier alpha value is -1.38. The van der Waals surface area contributed by atoms with Gasteiger partial charge in [0.2, 0.25) is 0 Å². The van der Waals surface area contributed by atoms with Crippen LogP contribution in [-0.4, -0.2) is 39.9 Å². The molecule has 7 heteroatoms. The number of nitrogens with one attached hydrogen (secondary N) is 1. The Kier molecular flexibility index (Phi) is 4.72. The number of H-pyrrole nitrogens is 1. The topological polar surface area (TPSA) is 58.2 Å². The van der Waals surface area contributed by atoms with Gasteiger partial charge in [-0.1, -0.05) is 0 Å². The molecule has 1 saturated heterocycles. The molecule has 1 aromatic carbocycles. The molecule has 0 atom stereocenters. The number of benzene rings is 1. The van der Waals surface area contributed by atoms with Crippen LogP contribution in [0.15, 0.2) is 12.1 Å². The lowest BCUT2D eigenvalue weighted by atomic mass is 9.88. The van der Waals surface area contributed by atoms with Crippen LogP contribution in [-0.2, 0) is 4.74 Å². The van der Waals surface area contributed by atoms with Gasteiger partial charge in [-0.3, -0.25) is 5.10 Å². The van der Waals surface area contributed by atoms with Crippen LogP contribution in [0.3, 0.4) is 0 Å². The lowest BCUT2D eigenvalue weighted by Gasteiger charge is -2.33. The minimum Gasteiger partial charge on any atom is -0.444 e. The highest BCUT2D eigenvalue weighted by atomic mass is 127.